The standard InChI is InChI=1S/C17H28N2/c1-3-14-9-7-8-12-16(14)17(13-18)19(2)15-10-5-4-6-11-15/h7-9,12,15,17H,3-6,10-11,13,18H2,1-2H3. The minimum absolute atomic E-state index is 0.374. The number of nitrogens with zero attached hydrogens (tertiary/aromatic N) is 1. The number of likely N-dealkylation sites (N-methyl/N-ethyl adjacent to an activating group) is 1. The van der Waals surface area contributed by atoms with Gasteiger partial charge in [-0.1, -0.05) is 50.5 Å². The minimum Gasteiger partial charge on any atom is -0.329 e. The number of nitrogens with two attached hydrogens (primary N) is 1. The largest absolute Gasteiger partial charge is 0.329 e. The summed E-state index contributed by atoms with van der Waals surface area (Å²) in [5, 5.41) is 0. The van der Waals surface area contributed by atoms with Crippen molar-refractivity contribution in [2.24, 2.45) is 5.73 Å². The lowest BCUT2D eigenvalue weighted by Crippen LogP contribution is -2.40. The second kappa shape index (κ2) is 7.06. The van der Waals surface area contributed by atoms with Crippen LogP contribution < -0.4 is 5.73 Å². The van der Waals surface area contributed by atoms with Gasteiger partial charge in [-0.2, -0.15) is 0 Å². The molecule has 0 radical (unpaired) electrons. The van der Waals surface area contributed by atoms with Gasteiger partial charge < -0.3 is 5.73 Å². The molecule has 1 aromatic carbocycles. The summed E-state index contributed by atoms with van der Waals surface area (Å²) in [5.74, 6) is 0. The zero-order valence-corrected chi connectivity index (χ0v) is 12.4. The highest BCUT2D eigenvalue weighted by Crippen LogP contribution is 2.30. The van der Waals surface area contributed by atoms with E-state index in [-0.39, 0.29) is 0 Å². The van der Waals surface area contributed by atoms with Crippen molar-refractivity contribution in [1.82, 2.24) is 4.90 Å². The molecular weight excluding hydrogens is 232 g/mol. The highest BCUT2D eigenvalue weighted by Gasteiger charge is 2.25. The van der Waals surface area contributed by atoms with E-state index in [0.717, 1.165) is 6.42 Å². The fourth-order valence-corrected chi connectivity index (χ4v) is 3.44. The third kappa shape index (κ3) is 3.37. The first kappa shape index (κ1) is 14.5. The van der Waals surface area contributed by atoms with Crippen molar-refractivity contribution >= 4 is 0 Å². The Morgan fingerprint density at radius 1 is 1.21 bits per heavy atom. The van der Waals surface area contributed by atoms with Crippen LogP contribution in [0.1, 0.15) is 56.2 Å². The predicted octanol–water partition coefficient (Wildman–Crippen LogP) is 3.51. The third-order valence-corrected chi connectivity index (χ3v) is 4.66. The monoisotopic (exact) mass is 260 g/mol. The number of hydrogen-bond acceptors (Lipinski definition) is 2. The van der Waals surface area contributed by atoms with Crippen LogP contribution in [0.5, 0.6) is 0 Å². The molecule has 2 rings (SSSR count). The van der Waals surface area contributed by atoms with Gasteiger partial charge >= 0.3 is 0 Å². The quantitative estimate of drug-likeness (QED) is 0.878. The van der Waals surface area contributed by atoms with E-state index in [1.165, 1.54) is 43.2 Å². The van der Waals surface area contributed by atoms with Gasteiger partial charge in [-0.25, -0.2) is 0 Å². The van der Waals surface area contributed by atoms with Crippen molar-refractivity contribution in [3.8, 4) is 0 Å². The maximum absolute atomic E-state index is 6.09. The van der Waals surface area contributed by atoms with Gasteiger partial charge in [-0.15, -0.1) is 0 Å². The van der Waals surface area contributed by atoms with E-state index >= 15 is 0 Å². The fraction of sp³-hybridized carbons (Fsp3) is 0.647. The summed E-state index contributed by atoms with van der Waals surface area (Å²) in [6.45, 7) is 2.94. The molecule has 0 aromatic heterocycles. The lowest BCUT2D eigenvalue weighted by Gasteiger charge is -2.37. The van der Waals surface area contributed by atoms with Gasteiger partial charge in [0.15, 0.2) is 0 Å². The van der Waals surface area contributed by atoms with E-state index in [2.05, 4.69) is 43.1 Å². The van der Waals surface area contributed by atoms with Crippen molar-refractivity contribution in [3.05, 3.63) is 35.4 Å². The number of benzene rings is 1. The van der Waals surface area contributed by atoms with Crippen LogP contribution >= 0.6 is 0 Å². The lowest BCUT2D eigenvalue weighted by molar-refractivity contribution is 0.140. The average Bonchev–Trinajstić information content (AvgIpc) is 2.49. The fourth-order valence-electron chi connectivity index (χ4n) is 3.44. The molecule has 0 amide bonds. The molecule has 0 bridgehead atoms. The molecular formula is C17H28N2. The van der Waals surface area contributed by atoms with E-state index in [1.54, 1.807) is 0 Å². The molecule has 1 aliphatic carbocycles. The van der Waals surface area contributed by atoms with E-state index in [1.807, 2.05) is 0 Å². The van der Waals surface area contributed by atoms with Crippen LogP contribution in [0.15, 0.2) is 24.3 Å². The molecule has 1 unspecified atom stereocenters. The molecule has 2 nitrogen and oxygen atoms in total. The molecule has 0 aliphatic heterocycles. The number of aryl methyl sites for hydroxylation is 1. The summed E-state index contributed by atoms with van der Waals surface area (Å²) < 4.78 is 0. The van der Waals surface area contributed by atoms with Gasteiger partial charge in [-0.05, 0) is 37.4 Å². The summed E-state index contributed by atoms with van der Waals surface area (Å²) in [4.78, 5) is 2.54. The average molecular weight is 260 g/mol. The van der Waals surface area contributed by atoms with Crippen molar-refractivity contribution in [1.29, 1.82) is 0 Å². The minimum atomic E-state index is 0.374. The Labute approximate surface area is 118 Å². The summed E-state index contributed by atoms with van der Waals surface area (Å²) in [7, 11) is 2.26. The first-order chi connectivity index (χ1) is 9.27. The third-order valence-electron chi connectivity index (χ3n) is 4.66. The summed E-state index contributed by atoms with van der Waals surface area (Å²) >= 11 is 0. The van der Waals surface area contributed by atoms with Crippen molar-refractivity contribution < 1.29 is 0 Å². The number of hydrogen-bond donors (Lipinski definition) is 1. The van der Waals surface area contributed by atoms with Gasteiger partial charge in [-0.3, -0.25) is 4.90 Å². The second-order valence-electron chi connectivity index (χ2n) is 5.76. The Balaban J connectivity index is 2.18. The zero-order chi connectivity index (χ0) is 13.7. The van der Waals surface area contributed by atoms with Crippen LogP contribution in [0, 0.1) is 0 Å². The molecule has 19 heavy (non-hydrogen) atoms. The smallest absolute Gasteiger partial charge is 0.0473 e. The molecule has 1 aliphatic rings. The Morgan fingerprint density at radius 2 is 1.89 bits per heavy atom. The maximum Gasteiger partial charge on any atom is 0.0473 e. The Morgan fingerprint density at radius 3 is 2.53 bits per heavy atom. The summed E-state index contributed by atoms with van der Waals surface area (Å²) in [6.07, 6.45) is 7.92. The molecule has 1 aromatic rings. The van der Waals surface area contributed by atoms with Crippen LogP contribution in [-0.4, -0.2) is 24.5 Å². The molecule has 0 heterocycles. The summed E-state index contributed by atoms with van der Waals surface area (Å²) in [5.41, 5.74) is 8.97. The number of rotatable bonds is 5. The van der Waals surface area contributed by atoms with Crippen molar-refractivity contribution in [3.63, 3.8) is 0 Å². The topological polar surface area (TPSA) is 29.3 Å². The van der Waals surface area contributed by atoms with E-state index in [9.17, 15) is 0 Å². The SMILES string of the molecule is CCc1ccccc1C(CN)N(C)C1CCCCC1. The molecule has 106 valence electrons. The van der Waals surface area contributed by atoms with Crippen molar-refractivity contribution in [2.45, 2.75) is 57.5 Å². The Kier molecular flexibility index (Phi) is 5.41. The Bertz CT molecular complexity index is 383. The first-order valence-corrected chi connectivity index (χ1v) is 7.77. The lowest BCUT2D eigenvalue weighted by atomic mass is 9.91. The zero-order valence-electron chi connectivity index (χ0n) is 12.4. The first-order valence-electron chi connectivity index (χ1n) is 7.77. The van der Waals surface area contributed by atoms with Crippen LogP contribution in [0.2, 0.25) is 0 Å². The van der Waals surface area contributed by atoms with Crippen LogP contribution in [0.25, 0.3) is 0 Å². The molecule has 0 saturated heterocycles. The van der Waals surface area contributed by atoms with Crippen LogP contribution in [0.3, 0.4) is 0 Å². The molecule has 0 spiro atoms. The molecule has 1 fully saturated rings. The van der Waals surface area contributed by atoms with Crippen LogP contribution in [0.4, 0.5) is 0 Å². The molecule has 1 saturated carbocycles. The van der Waals surface area contributed by atoms with E-state index < -0.39 is 0 Å². The highest BCUT2D eigenvalue weighted by molar-refractivity contribution is 5.30. The maximum atomic E-state index is 6.09. The van der Waals surface area contributed by atoms with E-state index in [4.69, 9.17) is 5.73 Å². The predicted molar refractivity (Wildman–Crippen MR) is 82.3 cm³/mol. The van der Waals surface area contributed by atoms with Gasteiger partial charge in [0.25, 0.3) is 0 Å². The van der Waals surface area contributed by atoms with Crippen molar-refractivity contribution in [2.75, 3.05) is 13.6 Å². The normalized spacial score (nSPS) is 18.7. The van der Waals surface area contributed by atoms with Gasteiger partial charge in [0, 0.05) is 18.6 Å². The highest BCUT2D eigenvalue weighted by atomic mass is 15.2. The molecule has 1 atom stereocenters. The van der Waals surface area contributed by atoms with E-state index in [0.29, 0.717) is 18.6 Å². The second-order valence-corrected chi connectivity index (χ2v) is 5.76. The van der Waals surface area contributed by atoms with Gasteiger partial charge in [0.05, 0.1) is 0 Å². The van der Waals surface area contributed by atoms with Gasteiger partial charge in [0.1, 0.15) is 0 Å². The van der Waals surface area contributed by atoms with Crippen LogP contribution in [-0.2, 0) is 6.42 Å². The van der Waals surface area contributed by atoms with Gasteiger partial charge in [0.2, 0.25) is 0 Å². The Hall–Kier alpha value is -0.860. The molecule has 2 heteroatoms. The summed E-state index contributed by atoms with van der Waals surface area (Å²) in [6, 6.07) is 9.87. The molecule has 2 N–H and O–H groups in total.